The highest BCUT2D eigenvalue weighted by atomic mass is 35.5. The van der Waals surface area contributed by atoms with Gasteiger partial charge in [0.05, 0.1) is 11.3 Å². The molecule has 1 heterocycles. The van der Waals surface area contributed by atoms with Crippen LogP contribution in [0.1, 0.15) is 38.8 Å². The van der Waals surface area contributed by atoms with Crippen LogP contribution in [0.2, 0.25) is 5.02 Å². The zero-order valence-corrected chi connectivity index (χ0v) is 19.8. The fourth-order valence-corrected chi connectivity index (χ4v) is 3.93. The molecule has 0 aromatic heterocycles. The lowest BCUT2D eigenvalue weighted by molar-refractivity contribution is -0.114. The molecule has 0 spiro atoms. The number of anilines is 2. The molecule has 0 atom stereocenters. The minimum absolute atomic E-state index is 0.128. The van der Waals surface area contributed by atoms with Gasteiger partial charge in [-0.3, -0.25) is 4.79 Å². The van der Waals surface area contributed by atoms with E-state index in [0.717, 1.165) is 37.3 Å². The van der Waals surface area contributed by atoms with Crippen molar-refractivity contribution in [1.82, 2.24) is 4.90 Å². The quantitative estimate of drug-likeness (QED) is 0.529. The summed E-state index contributed by atoms with van der Waals surface area (Å²) in [5, 5.41) is 6.79. The van der Waals surface area contributed by atoms with Gasteiger partial charge < -0.3 is 9.80 Å². The summed E-state index contributed by atoms with van der Waals surface area (Å²) in [6.07, 6.45) is 1.97. The second-order valence-electron chi connectivity index (χ2n) is 7.46. The predicted molar refractivity (Wildman–Crippen MR) is 132 cm³/mol. The Bertz CT molecular complexity index is 989. The second kappa shape index (κ2) is 10.0. The maximum atomic E-state index is 13.4. The lowest BCUT2D eigenvalue weighted by Crippen LogP contribution is -2.31. The molecule has 0 N–H and O–H groups in total. The first-order valence-electron chi connectivity index (χ1n) is 10.9. The average molecular weight is 439 g/mol. The van der Waals surface area contributed by atoms with Gasteiger partial charge in [-0.1, -0.05) is 17.7 Å². The van der Waals surface area contributed by atoms with Crippen LogP contribution in [-0.2, 0) is 4.79 Å². The smallest absolute Gasteiger partial charge is 0.282 e. The number of hydrogen-bond acceptors (Lipinski definition) is 4. The van der Waals surface area contributed by atoms with E-state index in [9.17, 15) is 4.79 Å². The molecular weight excluding hydrogens is 408 g/mol. The Morgan fingerprint density at radius 3 is 2.10 bits per heavy atom. The number of nitrogens with zero attached hydrogens (tertiary/aromatic N) is 4. The Labute approximate surface area is 190 Å². The maximum absolute atomic E-state index is 13.4. The highest BCUT2D eigenvalue weighted by Gasteiger charge is 2.33. The molecule has 2 aromatic carbocycles. The van der Waals surface area contributed by atoms with Crippen molar-refractivity contribution in [3.05, 3.63) is 64.2 Å². The number of hydrogen-bond donors (Lipinski definition) is 0. The van der Waals surface area contributed by atoms with Gasteiger partial charge >= 0.3 is 0 Å². The molecular formula is C25H31ClN4O. The Hall–Kier alpha value is -2.79. The van der Waals surface area contributed by atoms with Gasteiger partial charge in [0.2, 0.25) is 0 Å². The standard InChI is InChI=1S/C25H31ClN4O/c1-6-28(7-2)22-13-10-19(18(5)16-22)17-23-24(29(8-3)9-4)27-30(25(23)31)21-14-11-20(26)12-15-21/h10-17H,6-9H2,1-5H3. The first-order chi connectivity index (χ1) is 14.9. The molecule has 0 unspecified atom stereocenters. The summed E-state index contributed by atoms with van der Waals surface area (Å²) >= 11 is 6.03. The molecule has 164 valence electrons. The summed E-state index contributed by atoms with van der Waals surface area (Å²) in [5.74, 6) is 0.577. The zero-order chi connectivity index (χ0) is 22.5. The van der Waals surface area contributed by atoms with Crippen LogP contribution in [-0.4, -0.2) is 42.8 Å². The summed E-state index contributed by atoms with van der Waals surface area (Å²) in [7, 11) is 0. The molecule has 2 aromatic rings. The third-order valence-electron chi connectivity index (χ3n) is 5.67. The Morgan fingerprint density at radius 1 is 0.935 bits per heavy atom. The number of amides is 1. The highest BCUT2D eigenvalue weighted by molar-refractivity contribution is 6.32. The van der Waals surface area contributed by atoms with E-state index in [4.69, 9.17) is 16.7 Å². The predicted octanol–water partition coefficient (Wildman–Crippen LogP) is 5.58. The van der Waals surface area contributed by atoms with Crippen LogP contribution in [0.15, 0.2) is 53.1 Å². The molecule has 31 heavy (non-hydrogen) atoms. The van der Waals surface area contributed by atoms with E-state index in [2.05, 4.69) is 62.6 Å². The molecule has 0 radical (unpaired) electrons. The topological polar surface area (TPSA) is 39.1 Å². The summed E-state index contributed by atoms with van der Waals surface area (Å²) in [6.45, 7) is 14.0. The number of likely N-dealkylation sites (N-methyl/N-ethyl adjacent to an activating group) is 1. The number of aryl methyl sites for hydroxylation is 1. The summed E-state index contributed by atoms with van der Waals surface area (Å²) < 4.78 is 0. The molecule has 0 fully saturated rings. The van der Waals surface area contributed by atoms with Crippen molar-refractivity contribution < 1.29 is 4.79 Å². The van der Waals surface area contributed by atoms with Gasteiger partial charge in [-0.15, -0.1) is 5.10 Å². The van der Waals surface area contributed by atoms with Crippen molar-refractivity contribution in [3.63, 3.8) is 0 Å². The fraction of sp³-hybridized carbons (Fsp3) is 0.360. The van der Waals surface area contributed by atoms with Crippen molar-refractivity contribution in [3.8, 4) is 0 Å². The molecule has 0 aliphatic carbocycles. The van der Waals surface area contributed by atoms with Crippen LogP contribution < -0.4 is 9.91 Å². The monoisotopic (exact) mass is 438 g/mol. The molecule has 1 aliphatic heterocycles. The van der Waals surface area contributed by atoms with E-state index in [-0.39, 0.29) is 5.91 Å². The lowest BCUT2D eigenvalue weighted by Gasteiger charge is -2.22. The van der Waals surface area contributed by atoms with Gasteiger partial charge in [0.1, 0.15) is 0 Å². The van der Waals surface area contributed by atoms with Crippen LogP contribution in [0, 0.1) is 6.92 Å². The third-order valence-corrected chi connectivity index (χ3v) is 5.93. The van der Waals surface area contributed by atoms with Crippen LogP contribution >= 0.6 is 11.6 Å². The lowest BCUT2D eigenvalue weighted by atomic mass is 10.0. The normalized spacial score (nSPS) is 14.9. The SMILES string of the molecule is CCN(CC)C1=NN(c2ccc(Cl)cc2)C(=O)C1=Cc1ccc(N(CC)CC)cc1C. The van der Waals surface area contributed by atoms with Gasteiger partial charge in [0.15, 0.2) is 5.84 Å². The van der Waals surface area contributed by atoms with E-state index in [1.54, 1.807) is 12.1 Å². The van der Waals surface area contributed by atoms with E-state index < -0.39 is 0 Å². The molecule has 6 heteroatoms. The number of carbonyl (C=O) groups excluding carboxylic acids is 1. The first-order valence-corrected chi connectivity index (χ1v) is 11.3. The average Bonchev–Trinajstić information content (AvgIpc) is 3.08. The molecule has 5 nitrogen and oxygen atoms in total. The number of halogens is 1. The fourth-order valence-electron chi connectivity index (χ4n) is 3.81. The van der Waals surface area contributed by atoms with Crippen molar-refractivity contribution in [1.29, 1.82) is 0 Å². The summed E-state index contributed by atoms with van der Waals surface area (Å²) in [6, 6.07) is 13.6. The largest absolute Gasteiger partial charge is 0.372 e. The van der Waals surface area contributed by atoms with Gasteiger partial charge in [-0.05, 0) is 88.2 Å². The number of amidine groups is 1. The van der Waals surface area contributed by atoms with Gasteiger partial charge in [0, 0.05) is 36.9 Å². The van der Waals surface area contributed by atoms with Crippen molar-refractivity contribution in [2.24, 2.45) is 5.10 Å². The van der Waals surface area contributed by atoms with Gasteiger partial charge in [0.25, 0.3) is 5.91 Å². The van der Waals surface area contributed by atoms with E-state index in [1.165, 1.54) is 10.7 Å². The van der Waals surface area contributed by atoms with Crippen LogP contribution in [0.4, 0.5) is 11.4 Å². The van der Waals surface area contributed by atoms with E-state index >= 15 is 0 Å². The zero-order valence-electron chi connectivity index (χ0n) is 19.0. The first kappa shape index (κ1) is 22.9. The molecule has 1 aliphatic rings. The van der Waals surface area contributed by atoms with Crippen molar-refractivity contribution in [2.75, 3.05) is 36.1 Å². The second-order valence-corrected chi connectivity index (χ2v) is 7.90. The molecule has 1 amide bonds. The van der Waals surface area contributed by atoms with Gasteiger partial charge in [-0.2, -0.15) is 5.01 Å². The van der Waals surface area contributed by atoms with Crippen LogP contribution in [0.3, 0.4) is 0 Å². The third kappa shape index (κ3) is 4.77. The van der Waals surface area contributed by atoms with E-state index in [1.807, 2.05) is 18.2 Å². The molecule has 0 saturated carbocycles. The van der Waals surface area contributed by atoms with Crippen molar-refractivity contribution in [2.45, 2.75) is 34.6 Å². The summed E-state index contributed by atoms with van der Waals surface area (Å²) in [5.41, 5.74) is 4.67. The minimum Gasteiger partial charge on any atom is -0.372 e. The van der Waals surface area contributed by atoms with Gasteiger partial charge in [-0.25, -0.2) is 0 Å². The summed E-state index contributed by atoms with van der Waals surface area (Å²) in [4.78, 5) is 17.8. The van der Waals surface area contributed by atoms with Crippen LogP contribution in [0.5, 0.6) is 0 Å². The maximum Gasteiger partial charge on any atom is 0.282 e. The van der Waals surface area contributed by atoms with E-state index in [0.29, 0.717) is 22.1 Å². The van der Waals surface area contributed by atoms with Crippen LogP contribution in [0.25, 0.3) is 6.08 Å². The number of benzene rings is 2. The molecule has 0 bridgehead atoms. The number of hydrazone groups is 1. The minimum atomic E-state index is -0.128. The molecule has 0 saturated heterocycles. The number of rotatable bonds is 7. The number of carbonyl (C=O) groups is 1. The Kier molecular flexibility index (Phi) is 7.39. The Balaban J connectivity index is 2.03. The van der Waals surface area contributed by atoms with Crippen molar-refractivity contribution >= 4 is 40.8 Å². The molecule has 3 rings (SSSR count). The Morgan fingerprint density at radius 2 is 1.55 bits per heavy atom. The highest BCUT2D eigenvalue weighted by Crippen LogP contribution is 2.29.